The molecule has 0 spiro atoms. The van der Waals surface area contributed by atoms with Gasteiger partial charge in [-0.15, -0.1) is 0 Å². The van der Waals surface area contributed by atoms with E-state index in [1.807, 2.05) is 19.9 Å². The van der Waals surface area contributed by atoms with Crippen molar-refractivity contribution in [3.8, 4) is 5.75 Å². The van der Waals surface area contributed by atoms with E-state index in [9.17, 15) is 14.4 Å². The van der Waals surface area contributed by atoms with E-state index in [2.05, 4.69) is 0 Å². The van der Waals surface area contributed by atoms with E-state index in [-0.39, 0.29) is 24.3 Å². The molecule has 1 aliphatic heterocycles. The molecule has 27 heavy (non-hydrogen) atoms. The standard InChI is InChI=1S/C20H24N2O5/c1-3-13-10-18(24)27-19-12(2)16(5-4-15(13)19)26-11-17(23)22-8-6-14(7-9-22)20(21)25/h4-5,10,14H,3,6-9,11H2,1-2H3,(H2,21,25). The molecular weight excluding hydrogens is 348 g/mol. The van der Waals surface area contributed by atoms with Crippen LogP contribution in [0.1, 0.15) is 30.9 Å². The summed E-state index contributed by atoms with van der Waals surface area (Å²) in [5, 5.41) is 0.877. The van der Waals surface area contributed by atoms with Crippen LogP contribution in [0.15, 0.2) is 27.4 Å². The topological polar surface area (TPSA) is 103 Å². The van der Waals surface area contributed by atoms with Crippen LogP contribution in [0.3, 0.4) is 0 Å². The number of aryl methyl sites for hydroxylation is 2. The van der Waals surface area contributed by atoms with Crippen LogP contribution >= 0.6 is 0 Å². The minimum Gasteiger partial charge on any atom is -0.483 e. The fourth-order valence-electron chi connectivity index (χ4n) is 3.50. The molecule has 0 unspecified atom stereocenters. The van der Waals surface area contributed by atoms with Gasteiger partial charge in [-0.2, -0.15) is 0 Å². The molecule has 0 saturated carbocycles. The van der Waals surface area contributed by atoms with Crippen LogP contribution in [0.2, 0.25) is 0 Å². The first-order valence-electron chi connectivity index (χ1n) is 9.17. The van der Waals surface area contributed by atoms with Gasteiger partial charge < -0.3 is 19.8 Å². The third-order valence-corrected chi connectivity index (χ3v) is 5.18. The molecule has 7 heteroatoms. The zero-order chi connectivity index (χ0) is 19.6. The van der Waals surface area contributed by atoms with Crippen LogP contribution in [0, 0.1) is 12.8 Å². The van der Waals surface area contributed by atoms with Crippen molar-refractivity contribution in [3.05, 3.63) is 39.7 Å². The number of nitrogens with two attached hydrogens (primary N) is 1. The van der Waals surface area contributed by atoms with Crippen LogP contribution in [0.5, 0.6) is 5.75 Å². The van der Waals surface area contributed by atoms with E-state index < -0.39 is 5.63 Å². The Kier molecular flexibility index (Phi) is 5.48. The molecule has 1 aromatic carbocycles. The number of carbonyl (C=O) groups excluding carboxylic acids is 2. The smallest absolute Gasteiger partial charge is 0.336 e. The van der Waals surface area contributed by atoms with Crippen molar-refractivity contribution in [3.63, 3.8) is 0 Å². The summed E-state index contributed by atoms with van der Waals surface area (Å²) in [6, 6.07) is 5.15. The predicted molar refractivity (Wildman–Crippen MR) is 101 cm³/mol. The van der Waals surface area contributed by atoms with Crippen molar-refractivity contribution < 1.29 is 18.7 Å². The molecule has 3 rings (SSSR count). The third kappa shape index (κ3) is 3.97. The van der Waals surface area contributed by atoms with Gasteiger partial charge in [0.1, 0.15) is 11.3 Å². The van der Waals surface area contributed by atoms with Crippen molar-refractivity contribution in [2.75, 3.05) is 19.7 Å². The average molecular weight is 372 g/mol. The number of carbonyl (C=O) groups is 2. The van der Waals surface area contributed by atoms with Gasteiger partial charge in [0.15, 0.2) is 6.61 Å². The number of nitrogens with zero attached hydrogens (tertiary/aromatic N) is 1. The SMILES string of the molecule is CCc1cc(=O)oc2c(C)c(OCC(=O)N3CCC(C(N)=O)CC3)ccc12. The Bertz CT molecular complexity index is 926. The van der Waals surface area contributed by atoms with Gasteiger partial charge in [-0.05, 0) is 43.9 Å². The van der Waals surface area contributed by atoms with Gasteiger partial charge in [0.25, 0.3) is 5.91 Å². The van der Waals surface area contributed by atoms with Gasteiger partial charge in [0, 0.05) is 36.0 Å². The summed E-state index contributed by atoms with van der Waals surface area (Å²) in [6.07, 6.45) is 1.89. The van der Waals surface area contributed by atoms with Gasteiger partial charge >= 0.3 is 5.63 Å². The first kappa shape index (κ1) is 18.9. The molecular formula is C20H24N2O5. The molecule has 0 bridgehead atoms. The summed E-state index contributed by atoms with van der Waals surface area (Å²) in [5.74, 6) is -0.0908. The lowest BCUT2D eigenvalue weighted by molar-refractivity contribution is -0.136. The Morgan fingerprint density at radius 1 is 1.30 bits per heavy atom. The number of ether oxygens (including phenoxy) is 1. The number of fused-ring (bicyclic) bond motifs is 1. The molecule has 0 aliphatic carbocycles. The van der Waals surface area contributed by atoms with Gasteiger partial charge in [-0.1, -0.05) is 6.92 Å². The number of primary amides is 1. The normalized spacial score (nSPS) is 15.1. The van der Waals surface area contributed by atoms with Gasteiger partial charge in [-0.25, -0.2) is 4.79 Å². The Morgan fingerprint density at radius 3 is 2.63 bits per heavy atom. The van der Waals surface area contributed by atoms with Crippen LogP contribution in [0.4, 0.5) is 0 Å². The second-order valence-electron chi connectivity index (χ2n) is 6.86. The summed E-state index contributed by atoms with van der Waals surface area (Å²) in [4.78, 5) is 37.1. The van der Waals surface area contributed by atoms with Gasteiger partial charge in [0.2, 0.25) is 5.91 Å². The zero-order valence-corrected chi connectivity index (χ0v) is 15.6. The van der Waals surface area contributed by atoms with Gasteiger partial charge in [0.05, 0.1) is 0 Å². The van der Waals surface area contributed by atoms with Crippen molar-refractivity contribution in [2.45, 2.75) is 33.1 Å². The summed E-state index contributed by atoms with van der Waals surface area (Å²) < 4.78 is 11.1. The maximum atomic E-state index is 12.4. The molecule has 2 heterocycles. The fourth-order valence-corrected chi connectivity index (χ4v) is 3.50. The molecule has 2 amide bonds. The summed E-state index contributed by atoms with van der Waals surface area (Å²) >= 11 is 0. The Labute approximate surface area is 157 Å². The molecule has 7 nitrogen and oxygen atoms in total. The summed E-state index contributed by atoms with van der Waals surface area (Å²) in [5.41, 5.74) is 7.03. The monoisotopic (exact) mass is 372 g/mol. The second kappa shape index (κ2) is 7.82. The van der Waals surface area contributed by atoms with Crippen LogP contribution < -0.4 is 16.1 Å². The van der Waals surface area contributed by atoms with Crippen molar-refractivity contribution in [1.29, 1.82) is 0 Å². The van der Waals surface area contributed by atoms with Gasteiger partial charge in [-0.3, -0.25) is 9.59 Å². The highest BCUT2D eigenvalue weighted by Gasteiger charge is 2.26. The van der Waals surface area contributed by atoms with Crippen molar-refractivity contribution >= 4 is 22.8 Å². The first-order chi connectivity index (χ1) is 12.9. The summed E-state index contributed by atoms with van der Waals surface area (Å²) in [6.45, 7) is 4.69. The number of benzene rings is 1. The van der Waals surface area contributed by atoms with E-state index in [4.69, 9.17) is 14.9 Å². The van der Waals surface area contributed by atoms with Crippen LogP contribution in [0.25, 0.3) is 11.0 Å². The highest BCUT2D eigenvalue weighted by atomic mass is 16.5. The molecule has 1 saturated heterocycles. The number of hydrogen-bond acceptors (Lipinski definition) is 5. The molecule has 1 aromatic heterocycles. The number of likely N-dealkylation sites (tertiary alicyclic amines) is 1. The maximum absolute atomic E-state index is 12.4. The zero-order valence-electron chi connectivity index (χ0n) is 15.6. The predicted octanol–water partition coefficient (Wildman–Crippen LogP) is 1.77. The maximum Gasteiger partial charge on any atom is 0.336 e. The quantitative estimate of drug-likeness (QED) is 0.806. The first-order valence-corrected chi connectivity index (χ1v) is 9.17. The number of rotatable bonds is 5. The largest absolute Gasteiger partial charge is 0.483 e. The van der Waals surface area contributed by atoms with Crippen molar-refractivity contribution in [1.82, 2.24) is 4.90 Å². The molecule has 1 fully saturated rings. The molecule has 2 aromatic rings. The summed E-state index contributed by atoms with van der Waals surface area (Å²) in [7, 11) is 0. The highest BCUT2D eigenvalue weighted by molar-refractivity contribution is 5.85. The molecule has 0 atom stereocenters. The van der Waals surface area contributed by atoms with E-state index in [0.29, 0.717) is 42.8 Å². The van der Waals surface area contributed by atoms with E-state index in [0.717, 1.165) is 17.4 Å². The minimum atomic E-state index is -0.395. The average Bonchev–Trinajstić information content (AvgIpc) is 2.67. The molecule has 1 aliphatic rings. The Hall–Kier alpha value is -2.83. The Balaban J connectivity index is 1.70. The number of piperidine rings is 1. The third-order valence-electron chi connectivity index (χ3n) is 5.18. The van der Waals surface area contributed by atoms with E-state index >= 15 is 0 Å². The number of hydrogen-bond donors (Lipinski definition) is 1. The van der Waals surface area contributed by atoms with Crippen LogP contribution in [-0.4, -0.2) is 36.4 Å². The second-order valence-corrected chi connectivity index (χ2v) is 6.86. The van der Waals surface area contributed by atoms with E-state index in [1.54, 1.807) is 11.0 Å². The van der Waals surface area contributed by atoms with E-state index in [1.165, 1.54) is 6.07 Å². The number of amides is 2. The lowest BCUT2D eigenvalue weighted by Gasteiger charge is -2.30. The Morgan fingerprint density at radius 2 is 2.00 bits per heavy atom. The molecule has 2 N–H and O–H groups in total. The van der Waals surface area contributed by atoms with Crippen molar-refractivity contribution in [2.24, 2.45) is 11.7 Å². The molecule has 0 radical (unpaired) electrons. The van der Waals surface area contributed by atoms with Crippen LogP contribution in [-0.2, 0) is 16.0 Å². The fraction of sp³-hybridized carbons (Fsp3) is 0.450. The highest BCUT2D eigenvalue weighted by Crippen LogP contribution is 2.28. The lowest BCUT2D eigenvalue weighted by Crippen LogP contribution is -2.43. The lowest BCUT2D eigenvalue weighted by atomic mass is 9.96. The minimum absolute atomic E-state index is 0.106. The molecule has 144 valence electrons.